The summed E-state index contributed by atoms with van der Waals surface area (Å²) < 4.78 is 15.9. The van der Waals surface area contributed by atoms with Crippen LogP contribution in [0.15, 0.2) is 27.4 Å². The Kier molecular flexibility index (Phi) is 9.50. The normalized spacial score (nSPS) is 11.0. The molecule has 0 aliphatic carbocycles. The van der Waals surface area contributed by atoms with Crippen LogP contribution < -0.4 is 10.4 Å². The molecule has 0 fully saturated rings. The zero-order valence-corrected chi connectivity index (χ0v) is 16.9. The standard InChI is InChI=1S/C22H30O7/c1-2-3-4-5-6-8-14-27-20-19(24)18-16(21(25)28-15-9-7-13-23)11-10-12-17(18)29-22(20)26/h10-12,23-24H,2-9,13-15H2,1H3. The fraction of sp³-hybridized carbons (Fsp3) is 0.545. The van der Waals surface area contributed by atoms with Crippen LogP contribution in [0.3, 0.4) is 0 Å². The van der Waals surface area contributed by atoms with Crippen molar-refractivity contribution < 1.29 is 28.9 Å². The van der Waals surface area contributed by atoms with Crippen molar-refractivity contribution >= 4 is 16.9 Å². The number of ether oxygens (including phenoxy) is 2. The number of aromatic hydroxyl groups is 1. The molecular formula is C22H30O7. The third-order valence-corrected chi connectivity index (χ3v) is 4.62. The molecule has 0 aliphatic heterocycles. The maximum atomic E-state index is 12.4. The highest BCUT2D eigenvalue weighted by atomic mass is 16.5. The van der Waals surface area contributed by atoms with Crippen molar-refractivity contribution in [3.8, 4) is 11.5 Å². The summed E-state index contributed by atoms with van der Waals surface area (Å²) in [6, 6.07) is 4.54. The van der Waals surface area contributed by atoms with E-state index in [9.17, 15) is 14.7 Å². The van der Waals surface area contributed by atoms with Gasteiger partial charge in [-0.05, 0) is 31.4 Å². The van der Waals surface area contributed by atoms with Gasteiger partial charge in [-0.2, -0.15) is 0 Å². The van der Waals surface area contributed by atoms with Gasteiger partial charge in [0.05, 0.1) is 24.2 Å². The summed E-state index contributed by atoms with van der Waals surface area (Å²) in [6.07, 6.45) is 7.44. The van der Waals surface area contributed by atoms with Crippen LogP contribution in [0.5, 0.6) is 11.5 Å². The van der Waals surface area contributed by atoms with Gasteiger partial charge in [0, 0.05) is 6.61 Å². The Morgan fingerprint density at radius 1 is 1.03 bits per heavy atom. The minimum Gasteiger partial charge on any atom is -0.504 e. The second-order valence-corrected chi connectivity index (χ2v) is 6.93. The smallest absolute Gasteiger partial charge is 0.383 e. The van der Waals surface area contributed by atoms with Gasteiger partial charge in [0.1, 0.15) is 5.58 Å². The van der Waals surface area contributed by atoms with E-state index in [0.717, 1.165) is 19.3 Å². The predicted octanol–water partition coefficient (Wildman–Crippen LogP) is 4.17. The van der Waals surface area contributed by atoms with Gasteiger partial charge in [-0.3, -0.25) is 0 Å². The van der Waals surface area contributed by atoms with Crippen molar-refractivity contribution in [2.24, 2.45) is 0 Å². The molecule has 0 unspecified atom stereocenters. The summed E-state index contributed by atoms with van der Waals surface area (Å²) >= 11 is 0. The van der Waals surface area contributed by atoms with Crippen LogP contribution in [-0.2, 0) is 4.74 Å². The summed E-state index contributed by atoms with van der Waals surface area (Å²) in [5.41, 5.74) is -0.601. The Bertz CT molecular complexity index is 841. The molecule has 0 aliphatic rings. The zero-order chi connectivity index (χ0) is 21.1. The fourth-order valence-electron chi connectivity index (χ4n) is 3.03. The molecule has 7 heteroatoms. The van der Waals surface area contributed by atoms with Crippen LogP contribution in [0.4, 0.5) is 0 Å². The van der Waals surface area contributed by atoms with E-state index in [1.54, 1.807) is 6.07 Å². The van der Waals surface area contributed by atoms with Gasteiger partial charge >= 0.3 is 11.6 Å². The average Bonchev–Trinajstić information content (AvgIpc) is 2.71. The van der Waals surface area contributed by atoms with E-state index in [4.69, 9.17) is 19.0 Å². The maximum absolute atomic E-state index is 12.4. The first-order valence-corrected chi connectivity index (χ1v) is 10.3. The summed E-state index contributed by atoms with van der Waals surface area (Å²) in [7, 11) is 0. The van der Waals surface area contributed by atoms with Gasteiger partial charge in [-0.15, -0.1) is 0 Å². The first-order valence-electron chi connectivity index (χ1n) is 10.3. The number of unbranched alkanes of at least 4 members (excludes halogenated alkanes) is 6. The van der Waals surface area contributed by atoms with E-state index in [0.29, 0.717) is 12.8 Å². The predicted molar refractivity (Wildman–Crippen MR) is 110 cm³/mol. The van der Waals surface area contributed by atoms with E-state index in [1.807, 2.05) is 0 Å². The maximum Gasteiger partial charge on any atom is 0.383 e. The lowest BCUT2D eigenvalue weighted by atomic mass is 10.1. The molecule has 0 saturated heterocycles. The highest BCUT2D eigenvalue weighted by molar-refractivity contribution is 6.06. The summed E-state index contributed by atoms with van der Waals surface area (Å²) in [4.78, 5) is 24.6. The molecule has 160 valence electrons. The minimum absolute atomic E-state index is 0.0249. The number of aliphatic hydroxyl groups is 1. The van der Waals surface area contributed by atoms with Gasteiger partial charge < -0.3 is 24.1 Å². The fourth-order valence-corrected chi connectivity index (χ4v) is 3.03. The molecule has 1 aromatic heterocycles. The summed E-state index contributed by atoms with van der Waals surface area (Å²) in [6.45, 7) is 2.61. The molecule has 2 N–H and O–H groups in total. The van der Waals surface area contributed by atoms with Crippen LogP contribution in [0.2, 0.25) is 0 Å². The zero-order valence-electron chi connectivity index (χ0n) is 16.9. The lowest BCUT2D eigenvalue weighted by Gasteiger charge is -2.11. The lowest BCUT2D eigenvalue weighted by molar-refractivity contribution is 0.0494. The number of rotatable bonds is 13. The lowest BCUT2D eigenvalue weighted by Crippen LogP contribution is -2.11. The van der Waals surface area contributed by atoms with Gasteiger partial charge in [0.2, 0.25) is 5.75 Å². The molecular weight excluding hydrogens is 376 g/mol. The van der Waals surface area contributed by atoms with Crippen molar-refractivity contribution in [1.82, 2.24) is 0 Å². The molecule has 1 aromatic carbocycles. The SMILES string of the molecule is CCCCCCCCOc1c(O)c2c(C(=O)OCCCCO)cccc2oc1=O. The number of fused-ring (bicyclic) bond motifs is 1. The largest absolute Gasteiger partial charge is 0.504 e. The summed E-state index contributed by atoms with van der Waals surface area (Å²) in [5.74, 6) is -1.34. The molecule has 0 spiro atoms. The Balaban J connectivity index is 2.12. The second kappa shape index (κ2) is 12.1. The van der Waals surface area contributed by atoms with E-state index < -0.39 is 17.3 Å². The highest BCUT2D eigenvalue weighted by Gasteiger charge is 2.21. The van der Waals surface area contributed by atoms with Crippen LogP contribution >= 0.6 is 0 Å². The van der Waals surface area contributed by atoms with Crippen LogP contribution in [0.1, 0.15) is 68.6 Å². The van der Waals surface area contributed by atoms with Gasteiger partial charge in [0.25, 0.3) is 0 Å². The van der Waals surface area contributed by atoms with E-state index in [-0.39, 0.29) is 42.1 Å². The third-order valence-electron chi connectivity index (χ3n) is 4.62. The summed E-state index contributed by atoms with van der Waals surface area (Å²) in [5, 5.41) is 19.5. The third kappa shape index (κ3) is 6.49. The molecule has 1 heterocycles. The average molecular weight is 406 g/mol. The molecule has 7 nitrogen and oxygen atoms in total. The first kappa shape index (κ1) is 22.7. The Hall–Kier alpha value is -2.54. The van der Waals surface area contributed by atoms with Crippen molar-refractivity contribution in [2.45, 2.75) is 58.3 Å². The van der Waals surface area contributed by atoms with E-state index in [2.05, 4.69) is 6.92 Å². The molecule has 0 atom stereocenters. The number of carbonyl (C=O) groups is 1. The second-order valence-electron chi connectivity index (χ2n) is 6.93. The van der Waals surface area contributed by atoms with Gasteiger partial charge in [-0.25, -0.2) is 9.59 Å². The van der Waals surface area contributed by atoms with Crippen molar-refractivity contribution in [3.05, 3.63) is 34.2 Å². The van der Waals surface area contributed by atoms with Gasteiger partial charge in [-0.1, -0.05) is 45.1 Å². The molecule has 29 heavy (non-hydrogen) atoms. The van der Waals surface area contributed by atoms with Crippen molar-refractivity contribution in [2.75, 3.05) is 19.8 Å². The highest BCUT2D eigenvalue weighted by Crippen LogP contribution is 2.34. The number of esters is 1. The number of benzene rings is 1. The quantitative estimate of drug-likeness (QED) is 0.292. The number of aliphatic hydroxyl groups excluding tert-OH is 1. The van der Waals surface area contributed by atoms with E-state index in [1.165, 1.54) is 31.4 Å². The van der Waals surface area contributed by atoms with Crippen molar-refractivity contribution in [1.29, 1.82) is 0 Å². The monoisotopic (exact) mass is 406 g/mol. The van der Waals surface area contributed by atoms with Crippen molar-refractivity contribution in [3.63, 3.8) is 0 Å². The van der Waals surface area contributed by atoms with Crippen LogP contribution in [0.25, 0.3) is 11.0 Å². The molecule has 0 radical (unpaired) electrons. The Morgan fingerprint density at radius 3 is 2.52 bits per heavy atom. The van der Waals surface area contributed by atoms with Crippen LogP contribution in [0, 0.1) is 0 Å². The number of carbonyl (C=O) groups excluding carboxylic acids is 1. The first-order chi connectivity index (χ1) is 14.1. The minimum atomic E-state index is -0.783. The molecule has 2 aromatic rings. The molecule has 2 rings (SSSR count). The number of hydrogen-bond donors (Lipinski definition) is 2. The number of hydrogen-bond acceptors (Lipinski definition) is 7. The van der Waals surface area contributed by atoms with Crippen LogP contribution in [-0.4, -0.2) is 36.0 Å². The molecule has 0 saturated carbocycles. The van der Waals surface area contributed by atoms with E-state index >= 15 is 0 Å². The Labute approximate surface area is 170 Å². The topological polar surface area (TPSA) is 106 Å². The Morgan fingerprint density at radius 2 is 1.76 bits per heavy atom. The van der Waals surface area contributed by atoms with Gasteiger partial charge in [0.15, 0.2) is 5.75 Å². The molecule has 0 bridgehead atoms. The molecule has 0 amide bonds.